The van der Waals surface area contributed by atoms with E-state index >= 15 is 0 Å². The van der Waals surface area contributed by atoms with Crippen LogP contribution in [0, 0.1) is 5.92 Å². The summed E-state index contributed by atoms with van der Waals surface area (Å²) in [6.45, 7) is 1.50. The summed E-state index contributed by atoms with van der Waals surface area (Å²) in [5, 5.41) is 0. The highest BCUT2D eigenvalue weighted by atomic mass is 79.9. The molecule has 2 nitrogen and oxygen atoms in total. The summed E-state index contributed by atoms with van der Waals surface area (Å²) in [5.41, 5.74) is 0. The van der Waals surface area contributed by atoms with Gasteiger partial charge in [-0.1, -0.05) is 22.9 Å². The molecule has 102 valence electrons. The summed E-state index contributed by atoms with van der Waals surface area (Å²) in [7, 11) is 1.18. The Kier molecular flexibility index (Phi) is 6.41. The second-order valence-electron chi connectivity index (χ2n) is 3.66. The zero-order chi connectivity index (χ0) is 13.9. The van der Waals surface area contributed by atoms with Crippen molar-refractivity contribution in [1.29, 1.82) is 0 Å². The average Bonchev–Trinajstić information content (AvgIpc) is 2.13. The van der Waals surface area contributed by atoms with E-state index in [4.69, 9.17) is 0 Å². The maximum Gasteiger partial charge on any atom is 0.432 e. The quantitative estimate of drug-likeness (QED) is 0.405. The summed E-state index contributed by atoms with van der Waals surface area (Å²) >= 11 is 4.94. The molecule has 0 N–H and O–H groups in total. The lowest BCUT2D eigenvalue weighted by molar-refractivity contribution is -0.193. The molecule has 0 saturated carbocycles. The fraction of sp³-hybridized carbons (Fsp3) is 0.889. The Morgan fingerprint density at radius 2 is 1.82 bits per heavy atom. The Labute approximate surface area is 113 Å². The van der Waals surface area contributed by atoms with Crippen LogP contribution in [-0.4, -0.2) is 28.7 Å². The molecule has 0 spiro atoms. The van der Waals surface area contributed by atoms with Crippen molar-refractivity contribution in [3.05, 3.63) is 0 Å². The van der Waals surface area contributed by atoms with Gasteiger partial charge in [-0.15, -0.1) is 0 Å². The SMILES string of the molecule is COC(=O)C(C)CC(Br)CC(F)(Br)C(F)(F)F. The smallest absolute Gasteiger partial charge is 0.432 e. The predicted octanol–water partition coefficient (Wildman–Crippen LogP) is 3.96. The Morgan fingerprint density at radius 3 is 2.18 bits per heavy atom. The first kappa shape index (κ1) is 17.2. The van der Waals surface area contributed by atoms with Crippen molar-refractivity contribution >= 4 is 37.8 Å². The van der Waals surface area contributed by atoms with E-state index < -0.39 is 33.9 Å². The average molecular weight is 388 g/mol. The Morgan fingerprint density at radius 1 is 1.35 bits per heavy atom. The lowest BCUT2D eigenvalue weighted by Gasteiger charge is -2.24. The molecule has 8 heteroatoms. The molecule has 0 aromatic heterocycles. The van der Waals surface area contributed by atoms with Crippen molar-refractivity contribution < 1.29 is 27.1 Å². The summed E-state index contributed by atoms with van der Waals surface area (Å²) in [6.07, 6.45) is -5.76. The van der Waals surface area contributed by atoms with Crippen molar-refractivity contribution in [2.75, 3.05) is 7.11 Å². The summed E-state index contributed by atoms with van der Waals surface area (Å²) in [5.74, 6) is -1.14. The minimum atomic E-state index is -4.99. The van der Waals surface area contributed by atoms with Crippen LogP contribution in [0.15, 0.2) is 0 Å². The molecule has 0 rings (SSSR count). The molecule has 0 heterocycles. The van der Waals surface area contributed by atoms with Crippen LogP contribution >= 0.6 is 31.9 Å². The van der Waals surface area contributed by atoms with Gasteiger partial charge < -0.3 is 4.74 Å². The van der Waals surface area contributed by atoms with Crippen molar-refractivity contribution in [1.82, 2.24) is 0 Å². The molecular weight excluding hydrogens is 376 g/mol. The number of esters is 1. The second kappa shape index (κ2) is 6.36. The van der Waals surface area contributed by atoms with Gasteiger partial charge in [-0.05, 0) is 22.4 Å². The van der Waals surface area contributed by atoms with Crippen molar-refractivity contribution in [3.8, 4) is 0 Å². The van der Waals surface area contributed by atoms with E-state index in [1.54, 1.807) is 0 Å². The minimum Gasteiger partial charge on any atom is -0.469 e. The molecule has 0 fully saturated rings. The maximum absolute atomic E-state index is 13.2. The van der Waals surface area contributed by atoms with Gasteiger partial charge in [0.1, 0.15) is 0 Å². The van der Waals surface area contributed by atoms with E-state index in [0.29, 0.717) is 0 Å². The molecule has 17 heavy (non-hydrogen) atoms. The first-order valence-corrected chi connectivity index (χ1v) is 6.38. The zero-order valence-electron chi connectivity index (χ0n) is 9.15. The van der Waals surface area contributed by atoms with Crippen LogP contribution in [-0.2, 0) is 9.53 Å². The van der Waals surface area contributed by atoms with Crippen LogP contribution in [0.1, 0.15) is 19.8 Å². The number of methoxy groups -OCH3 is 1. The number of carbonyl (C=O) groups excluding carboxylic acids is 1. The Balaban J connectivity index is 4.37. The molecule has 3 unspecified atom stereocenters. The number of halogens is 6. The van der Waals surface area contributed by atoms with Gasteiger partial charge in [-0.2, -0.15) is 13.2 Å². The van der Waals surface area contributed by atoms with Crippen LogP contribution in [0.25, 0.3) is 0 Å². The lowest BCUT2D eigenvalue weighted by Crippen LogP contribution is -2.37. The molecule has 0 saturated heterocycles. The van der Waals surface area contributed by atoms with Crippen LogP contribution in [0.4, 0.5) is 17.6 Å². The fourth-order valence-corrected chi connectivity index (χ4v) is 2.99. The number of hydrogen-bond acceptors (Lipinski definition) is 2. The summed E-state index contributed by atoms with van der Waals surface area (Å²) in [6, 6.07) is 0. The summed E-state index contributed by atoms with van der Waals surface area (Å²) < 4.78 is 50.9. The maximum atomic E-state index is 13.2. The van der Waals surface area contributed by atoms with E-state index in [2.05, 4.69) is 20.7 Å². The predicted molar refractivity (Wildman–Crippen MR) is 62.0 cm³/mol. The van der Waals surface area contributed by atoms with E-state index in [9.17, 15) is 22.4 Å². The van der Waals surface area contributed by atoms with Crippen molar-refractivity contribution in [2.24, 2.45) is 5.92 Å². The minimum absolute atomic E-state index is 0.0556. The third-order valence-corrected chi connectivity index (χ3v) is 3.58. The lowest BCUT2D eigenvalue weighted by atomic mass is 10.0. The van der Waals surface area contributed by atoms with Gasteiger partial charge in [0, 0.05) is 11.2 Å². The summed E-state index contributed by atoms with van der Waals surface area (Å²) in [4.78, 5) is 10.2. The number of alkyl halides is 6. The second-order valence-corrected chi connectivity index (χ2v) is 6.22. The van der Waals surface area contributed by atoms with Crippen LogP contribution in [0.5, 0.6) is 0 Å². The van der Waals surface area contributed by atoms with Gasteiger partial charge in [-0.25, -0.2) is 4.39 Å². The molecule has 0 aromatic carbocycles. The number of ether oxygens (including phenoxy) is 1. The topological polar surface area (TPSA) is 26.3 Å². The molecule has 0 radical (unpaired) electrons. The van der Waals surface area contributed by atoms with Crippen LogP contribution in [0.2, 0.25) is 0 Å². The molecule has 0 amide bonds. The van der Waals surface area contributed by atoms with Gasteiger partial charge in [0.2, 0.25) is 0 Å². The normalized spacial score (nSPS) is 19.3. The molecule has 0 aliphatic rings. The van der Waals surface area contributed by atoms with E-state index in [-0.39, 0.29) is 6.42 Å². The van der Waals surface area contributed by atoms with Gasteiger partial charge >= 0.3 is 12.1 Å². The van der Waals surface area contributed by atoms with Gasteiger partial charge in [0.25, 0.3) is 4.58 Å². The highest BCUT2D eigenvalue weighted by Gasteiger charge is 2.54. The van der Waals surface area contributed by atoms with Crippen molar-refractivity contribution in [2.45, 2.75) is 35.3 Å². The molecule has 0 aromatic rings. The molecule has 3 atom stereocenters. The van der Waals surface area contributed by atoms with E-state index in [0.717, 1.165) is 0 Å². The third kappa shape index (κ3) is 5.54. The Bertz CT molecular complexity index is 268. The highest BCUT2D eigenvalue weighted by Crippen LogP contribution is 2.44. The van der Waals surface area contributed by atoms with E-state index in [1.807, 2.05) is 15.9 Å². The number of carbonyl (C=O) groups is 1. The molecule has 0 aliphatic carbocycles. The molecule has 0 bridgehead atoms. The zero-order valence-corrected chi connectivity index (χ0v) is 12.3. The fourth-order valence-electron chi connectivity index (χ4n) is 1.16. The molecular formula is C9H12Br2F4O2. The highest BCUT2D eigenvalue weighted by molar-refractivity contribution is 9.10. The Hall–Kier alpha value is 0.150. The largest absolute Gasteiger partial charge is 0.469 e. The van der Waals surface area contributed by atoms with Gasteiger partial charge in [0.15, 0.2) is 0 Å². The standard InChI is InChI=1S/C9H12Br2F4O2/c1-5(7(16)17-2)3-6(10)4-8(11,12)9(13,14)15/h5-6H,3-4H2,1-2H3. The third-order valence-electron chi connectivity index (χ3n) is 2.11. The monoisotopic (exact) mass is 386 g/mol. The van der Waals surface area contributed by atoms with Gasteiger partial charge in [-0.3, -0.25) is 4.79 Å². The van der Waals surface area contributed by atoms with Crippen molar-refractivity contribution in [3.63, 3.8) is 0 Å². The van der Waals surface area contributed by atoms with Crippen LogP contribution in [0.3, 0.4) is 0 Å². The van der Waals surface area contributed by atoms with Gasteiger partial charge in [0.05, 0.1) is 13.0 Å². The first-order valence-electron chi connectivity index (χ1n) is 4.67. The van der Waals surface area contributed by atoms with E-state index in [1.165, 1.54) is 14.0 Å². The van der Waals surface area contributed by atoms with Crippen LogP contribution < -0.4 is 0 Å². The number of rotatable bonds is 5. The first-order chi connectivity index (χ1) is 7.51. The number of hydrogen-bond donors (Lipinski definition) is 0. The molecule has 0 aliphatic heterocycles.